The van der Waals surface area contributed by atoms with E-state index in [1.807, 2.05) is 29.0 Å². The zero-order chi connectivity index (χ0) is 16.9. The topological polar surface area (TPSA) is 51.2 Å². The van der Waals surface area contributed by atoms with Gasteiger partial charge in [0.1, 0.15) is 0 Å². The lowest BCUT2D eigenvalue weighted by molar-refractivity contribution is -0.136. The van der Waals surface area contributed by atoms with Crippen LogP contribution in [0.5, 0.6) is 11.5 Å². The Morgan fingerprint density at radius 2 is 1.96 bits per heavy atom. The number of hydrogen-bond donors (Lipinski definition) is 0. The van der Waals surface area contributed by atoms with E-state index >= 15 is 0 Å². The van der Waals surface area contributed by atoms with Crippen molar-refractivity contribution in [2.75, 3.05) is 53.1 Å². The molecule has 0 atom stereocenters. The zero-order valence-electron chi connectivity index (χ0n) is 13.9. The standard InChI is InChI=1S/C17H23ClN2O4/c1-19(12-16(21)20-3-7-22-8-4-20)11-13-9-14(18)17-15(10-13)23-5-2-6-24-17/h9-10H,2-8,11-12H2,1H3. The van der Waals surface area contributed by atoms with E-state index in [2.05, 4.69) is 0 Å². The minimum Gasteiger partial charge on any atom is -0.489 e. The molecule has 24 heavy (non-hydrogen) atoms. The second kappa shape index (κ2) is 8.05. The van der Waals surface area contributed by atoms with E-state index in [0.29, 0.717) is 69.1 Å². The van der Waals surface area contributed by atoms with Crippen molar-refractivity contribution in [2.45, 2.75) is 13.0 Å². The molecule has 0 radical (unpaired) electrons. The summed E-state index contributed by atoms with van der Waals surface area (Å²) in [6.07, 6.45) is 0.842. The number of halogens is 1. The van der Waals surface area contributed by atoms with Gasteiger partial charge in [0, 0.05) is 26.1 Å². The van der Waals surface area contributed by atoms with Crippen LogP contribution in [0.4, 0.5) is 0 Å². The van der Waals surface area contributed by atoms with Crippen LogP contribution in [0.1, 0.15) is 12.0 Å². The maximum atomic E-state index is 12.3. The summed E-state index contributed by atoms with van der Waals surface area (Å²) in [5, 5.41) is 0.553. The number of fused-ring (bicyclic) bond motifs is 1. The van der Waals surface area contributed by atoms with E-state index in [1.165, 1.54) is 0 Å². The van der Waals surface area contributed by atoms with Gasteiger partial charge in [-0.1, -0.05) is 11.6 Å². The first-order valence-electron chi connectivity index (χ1n) is 8.25. The normalized spacial score (nSPS) is 17.7. The average Bonchev–Trinajstić information content (AvgIpc) is 2.81. The predicted octanol–water partition coefficient (Wildman–Crippen LogP) is 1.79. The summed E-state index contributed by atoms with van der Waals surface area (Å²) >= 11 is 6.32. The van der Waals surface area contributed by atoms with E-state index in [0.717, 1.165) is 12.0 Å². The van der Waals surface area contributed by atoms with Crippen molar-refractivity contribution in [3.63, 3.8) is 0 Å². The molecule has 2 aliphatic heterocycles. The lowest BCUT2D eigenvalue weighted by atomic mass is 10.2. The number of amides is 1. The third kappa shape index (κ3) is 4.32. The highest BCUT2D eigenvalue weighted by Crippen LogP contribution is 2.38. The van der Waals surface area contributed by atoms with Crippen molar-refractivity contribution in [1.82, 2.24) is 9.80 Å². The summed E-state index contributed by atoms with van der Waals surface area (Å²) in [4.78, 5) is 16.1. The Bertz CT molecular complexity index is 590. The third-order valence-electron chi connectivity index (χ3n) is 4.08. The average molecular weight is 355 g/mol. The second-order valence-corrected chi connectivity index (χ2v) is 6.53. The Hall–Kier alpha value is -1.50. The van der Waals surface area contributed by atoms with E-state index in [-0.39, 0.29) is 5.91 Å². The second-order valence-electron chi connectivity index (χ2n) is 6.12. The van der Waals surface area contributed by atoms with Crippen LogP contribution in [0.25, 0.3) is 0 Å². The predicted molar refractivity (Wildman–Crippen MR) is 90.8 cm³/mol. The van der Waals surface area contributed by atoms with Crippen LogP contribution in [0.2, 0.25) is 5.02 Å². The summed E-state index contributed by atoms with van der Waals surface area (Å²) in [5.41, 5.74) is 1.00. The molecule has 1 saturated heterocycles. The van der Waals surface area contributed by atoms with Crippen LogP contribution >= 0.6 is 11.6 Å². The lowest BCUT2D eigenvalue weighted by Crippen LogP contribution is -2.44. The van der Waals surface area contributed by atoms with Crippen molar-refractivity contribution in [3.05, 3.63) is 22.7 Å². The molecule has 2 aliphatic rings. The molecule has 1 aromatic rings. The third-order valence-corrected chi connectivity index (χ3v) is 4.36. The molecule has 0 bridgehead atoms. The number of benzene rings is 1. The smallest absolute Gasteiger partial charge is 0.236 e. The molecule has 2 heterocycles. The number of carbonyl (C=O) groups is 1. The molecule has 0 unspecified atom stereocenters. The van der Waals surface area contributed by atoms with E-state index in [4.69, 9.17) is 25.8 Å². The highest BCUT2D eigenvalue weighted by atomic mass is 35.5. The molecule has 1 fully saturated rings. The van der Waals surface area contributed by atoms with Gasteiger partial charge in [-0.3, -0.25) is 9.69 Å². The molecule has 0 N–H and O–H groups in total. The highest BCUT2D eigenvalue weighted by Gasteiger charge is 2.20. The molecule has 6 nitrogen and oxygen atoms in total. The Morgan fingerprint density at radius 3 is 2.75 bits per heavy atom. The van der Waals surface area contributed by atoms with Gasteiger partial charge < -0.3 is 19.1 Å². The molecule has 0 saturated carbocycles. The number of hydrogen-bond acceptors (Lipinski definition) is 5. The highest BCUT2D eigenvalue weighted by molar-refractivity contribution is 6.32. The van der Waals surface area contributed by atoms with Gasteiger partial charge in [-0.2, -0.15) is 0 Å². The van der Waals surface area contributed by atoms with Gasteiger partial charge in [0.05, 0.1) is 38.0 Å². The molecule has 3 rings (SSSR count). The van der Waals surface area contributed by atoms with Gasteiger partial charge in [0.2, 0.25) is 5.91 Å². The fraction of sp³-hybridized carbons (Fsp3) is 0.588. The van der Waals surface area contributed by atoms with Crippen LogP contribution in [0.3, 0.4) is 0 Å². The van der Waals surface area contributed by atoms with E-state index in [1.54, 1.807) is 0 Å². The van der Waals surface area contributed by atoms with Gasteiger partial charge in [-0.15, -0.1) is 0 Å². The Labute approximate surface area is 147 Å². The summed E-state index contributed by atoms with van der Waals surface area (Å²) < 4.78 is 16.6. The molecule has 7 heteroatoms. The number of likely N-dealkylation sites (N-methyl/N-ethyl adjacent to an activating group) is 1. The first kappa shape index (κ1) is 17.3. The molecular formula is C17H23ClN2O4. The maximum Gasteiger partial charge on any atom is 0.236 e. The largest absolute Gasteiger partial charge is 0.489 e. The van der Waals surface area contributed by atoms with Crippen molar-refractivity contribution >= 4 is 17.5 Å². The summed E-state index contributed by atoms with van der Waals surface area (Å²) in [5.74, 6) is 1.43. The molecular weight excluding hydrogens is 332 g/mol. The van der Waals surface area contributed by atoms with Crippen molar-refractivity contribution in [1.29, 1.82) is 0 Å². The number of carbonyl (C=O) groups excluding carboxylic acids is 1. The van der Waals surface area contributed by atoms with Crippen molar-refractivity contribution in [3.8, 4) is 11.5 Å². The lowest BCUT2D eigenvalue weighted by Gasteiger charge is -2.28. The zero-order valence-corrected chi connectivity index (χ0v) is 14.7. The molecule has 1 amide bonds. The summed E-state index contributed by atoms with van der Waals surface area (Å²) in [6.45, 7) is 4.79. The fourth-order valence-electron chi connectivity index (χ4n) is 2.89. The van der Waals surface area contributed by atoms with Gasteiger partial charge in [0.15, 0.2) is 11.5 Å². The van der Waals surface area contributed by atoms with Gasteiger partial charge in [0.25, 0.3) is 0 Å². The number of nitrogens with zero attached hydrogens (tertiary/aromatic N) is 2. The molecule has 0 aromatic heterocycles. The maximum absolute atomic E-state index is 12.3. The molecule has 0 aliphatic carbocycles. The van der Waals surface area contributed by atoms with Crippen LogP contribution in [0.15, 0.2) is 12.1 Å². The Morgan fingerprint density at radius 1 is 1.21 bits per heavy atom. The summed E-state index contributed by atoms with van der Waals surface area (Å²) in [7, 11) is 1.93. The minimum absolute atomic E-state index is 0.126. The summed E-state index contributed by atoms with van der Waals surface area (Å²) in [6, 6.07) is 3.83. The van der Waals surface area contributed by atoms with Gasteiger partial charge in [-0.05, 0) is 24.7 Å². The molecule has 1 aromatic carbocycles. The van der Waals surface area contributed by atoms with Crippen LogP contribution in [-0.2, 0) is 16.1 Å². The van der Waals surface area contributed by atoms with Crippen LogP contribution < -0.4 is 9.47 Å². The molecule has 132 valence electrons. The van der Waals surface area contributed by atoms with Crippen LogP contribution in [-0.4, -0.2) is 68.8 Å². The molecule has 0 spiro atoms. The fourth-order valence-corrected chi connectivity index (χ4v) is 3.17. The SMILES string of the molecule is CN(CC(=O)N1CCOCC1)Cc1cc(Cl)c2c(c1)OCCCO2. The Balaban J connectivity index is 1.61. The van der Waals surface area contributed by atoms with Gasteiger partial charge >= 0.3 is 0 Å². The minimum atomic E-state index is 0.126. The number of morpholine rings is 1. The van der Waals surface area contributed by atoms with Crippen molar-refractivity contribution < 1.29 is 19.0 Å². The quantitative estimate of drug-likeness (QED) is 0.825. The van der Waals surface area contributed by atoms with E-state index < -0.39 is 0 Å². The number of rotatable bonds is 4. The van der Waals surface area contributed by atoms with Crippen LogP contribution in [0, 0.1) is 0 Å². The van der Waals surface area contributed by atoms with Gasteiger partial charge in [-0.25, -0.2) is 0 Å². The van der Waals surface area contributed by atoms with E-state index in [9.17, 15) is 4.79 Å². The Kier molecular flexibility index (Phi) is 5.81. The number of ether oxygens (including phenoxy) is 3. The monoisotopic (exact) mass is 354 g/mol. The van der Waals surface area contributed by atoms with Crippen molar-refractivity contribution in [2.24, 2.45) is 0 Å². The first-order chi connectivity index (χ1) is 11.6. The first-order valence-corrected chi connectivity index (χ1v) is 8.63.